The van der Waals surface area contributed by atoms with E-state index in [-0.39, 0.29) is 5.75 Å². The predicted octanol–water partition coefficient (Wildman–Crippen LogP) is 4.49. The molecule has 0 unspecified atom stereocenters. The molecule has 0 saturated heterocycles. The molecule has 0 aliphatic carbocycles. The van der Waals surface area contributed by atoms with Crippen LogP contribution in [0.15, 0.2) is 101 Å². The monoisotopic (exact) mass is 384 g/mol. The Morgan fingerprint density at radius 2 is 1.15 bits per heavy atom. The summed E-state index contributed by atoms with van der Waals surface area (Å²) < 4.78 is 28.1. The fraction of sp³-hybridized carbons (Fsp3) is 0.143. The number of benzene rings is 3. The van der Waals surface area contributed by atoms with Gasteiger partial charge < -0.3 is 0 Å². The van der Waals surface area contributed by atoms with Gasteiger partial charge in [0, 0.05) is 0 Å². The lowest BCUT2D eigenvalue weighted by atomic mass is 10.2. The first kappa shape index (κ1) is 18.7. The molecule has 3 aromatic rings. The Hall–Kier alpha value is -2.08. The molecule has 0 radical (unpaired) electrons. The van der Waals surface area contributed by atoms with E-state index in [4.69, 9.17) is 0 Å². The molecule has 26 heavy (non-hydrogen) atoms. The van der Waals surface area contributed by atoms with Gasteiger partial charge in [0.2, 0.25) is 0 Å². The Balaban J connectivity index is 2.03. The van der Waals surface area contributed by atoms with Gasteiger partial charge in [-0.25, -0.2) is 8.42 Å². The Kier molecular flexibility index (Phi) is 6.14. The molecule has 0 spiro atoms. The highest BCUT2D eigenvalue weighted by molar-refractivity contribution is 8.06. The highest BCUT2D eigenvalue weighted by Gasteiger charge is 2.41. The normalized spacial score (nSPS) is 11.8. The number of nitrogens with zero attached hydrogens (tertiary/aromatic N) is 1. The summed E-state index contributed by atoms with van der Waals surface area (Å²) in [7, 11) is -3.48. The van der Waals surface area contributed by atoms with Crippen molar-refractivity contribution in [1.82, 2.24) is 3.71 Å². The molecule has 0 heterocycles. The average molecular weight is 385 g/mol. The van der Waals surface area contributed by atoms with E-state index in [0.717, 1.165) is 15.4 Å². The summed E-state index contributed by atoms with van der Waals surface area (Å²) in [6, 6.07) is 29.1. The first-order valence-corrected chi connectivity index (χ1v) is 11.3. The highest BCUT2D eigenvalue weighted by atomic mass is 32.3. The van der Waals surface area contributed by atoms with E-state index in [9.17, 15) is 8.42 Å². The maximum Gasteiger partial charge on any atom is 0.258 e. The van der Waals surface area contributed by atoms with Crippen molar-refractivity contribution < 1.29 is 8.42 Å². The summed E-state index contributed by atoms with van der Waals surface area (Å²) in [5.41, 5.74) is 0.802. The van der Waals surface area contributed by atoms with Gasteiger partial charge in [0.15, 0.2) is 20.9 Å². The highest BCUT2D eigenvalue weighted by Crippen LogP contribution is 2.30. The zero-order chi connectivity index (χ0) is 18.4. The van der Waals surface area contributed by atoms with E-state index in [1.807, 2.05) is 97.9 Å². The third kappa shape index (κ3) is 4.36. The largest absolute Gasteiger partial charge is 0.258 e. The second-order valence-corrected chi connectivity index (χ2v) is 9.85. The van der Waals surface area contributed by atoms with E-state index in [2.05, 4.69) is 0 Å². The lowest BCUT2D eigenvalue weighted by molar-refractivity contribution is 0.545. The zero-order valence-corrected chi connectivity index (χ0v) is 16.3. The van der Waals surface area contributed by atoms with E-state index in [0.29, 0.717) is 6.54 Å². The van der Waals surface area contributed by atoms with E-state index < -0.39 is 21.1 Å². The summed E-state index contributed by atoms with van der Waals surface area (Å²) >= 11 is -0.687. The van der Waals surface area contributed by atoms with Crippen LogP contribution >= 0.6 is 0 Å². The topological polar surface area (TPSA) is 37.4 Å². The zero-order valence-electron chi connectivity index (χ0n) is 14.7. The van der Waals surface area contributed by atoms with Gasteiger partial charge in [-0.1, -0.05) is 66.7 Å². The van der Waals surface area contributed by atoms with Crippen LogP contribution in [0.5, 0.6) is 0 Å². The Bertz CT molecular complexity index is 874. The molecule has 0 saturated carbocycles. The standard InChI is InChI=1S/C21H22NO2S2/c1-2-22(26(23,24)18-19-12-6-3-7-13-19)25(20-14-8-4-9-15-20)21-16-10-5-11-17-21/h3-17H,2,18H2,1H3/q+1. The second kappa shape index (κ2) is 8.54. The molecule has 0 amide bonds. The maximum absolute atomic E-state index is 13.3. The number of rotatable bonds is 7. The van der Waals surface area contributed by atoms with Crippen LogP contribution in [0.1, 0.15) is 12.5 Å². The van der Waals surface area contributed by atoms with Crippen LogP contribution in [0.2, 0.25) is 0 Å². The number of hydrogen-bond acceptors (Lipinski definition) is 2. The first-order chi connectivity index (χ1) is 12.6. The van der Waals surface area contributed by atoms with Crippen LogP contribution in [0.3, 0.4) is 0 Å². The van der Waals surface area contributed by atoms with E-state index >= 15 is 0 Å². The fourth-order valence-electron chi connectivity index (χ4n) is 2.77. The molecule has 0 atom stereocenters. The minimum absolute atomic E-state index is 0.00481. The minimum atomic E-state index is -3.48. The van der Waals surface area contributed by atoms with Crippen LogP contribution in [0, 0.1) is 0 Å². The SMILES string of the molecule is CCN([S+](c1ccccc1)c1ccccc1)S(=O)(=O)Cc1ccccc1. The van der Waals surface area contributed by atoms with Crippen LogP contribution in [-0.4, -0.2) is 18.7 Å². The van der Waals surface area contributed by atoms with E-state index in [1.165, 1.54) is 0 Å². The Morgan fingerprint density at radius 1 is 0.731 bits per heavy atom. The van der Waals surface area contributed by atoms with Crippen molar-refractivity contribution in [2.45, 2.75) is 22.5 Å². The van der Waals surface area contributed by atoms with Crippen molar-refractivity contribution >= 4 is 21.1 Å². The molecule has 3 nitrogen and oxygen atoms in total. The van der Waals surface area contributed by atoms with Crippen LogP contribution in [0.25, 0.3) is 0 Å². The third-order valence-corrected chi connectivity index (χ3v) is 8.71. The van der Waals surface area contributed by atoms with Gasteiger partial charge in [-0.15, -0.1) is 0 Å². The molecular weight excluding hydrogens is 362 g/mol. The van der Waals surface area contributed by atoms with Gasteiger partial charge >= 0.3 is 0 Å². The quantitative estimate of drug-likeness (QED) is 0.563. The molecule has 0 aromatic heterocycles. The summed E-state index contributed by atoms with van der Waals surface area (Å²) in [4.78, 5) is 1.99. The second-order valence-electron chi connectivity index (χ2n) is 5.77. The summed E-state index contributed by atoms with van der Waals surface area (Å²) in [6.45, 7) is 2.32. The molecule has 134 valence electrons. The molecular formula is C21H22NO2S2+. The van der Waals surface area contributed by atoms with Crippen molar-refractivity contribution in [1.29, 1.82) is 0 Å². The molecule has 0 fully saturated rings. The molecule has 0 N–H and O–H groups in total. The van der Waals surface area contributed by atoms with Crippen molar-refractivity contribution in [2.24, 2.45) is 0 Å². The van der Waals surface area contributed by atoms with Crippen LogP contribution in [-0.2, 0) is 26.9 Å². The Labute approximate surface area is 158 Å². The lowest BCUT2D eigenvalue weighted by Crippen LogP contribution is -2.37. The predicted molar refractivity (Wildman–Crippen MR) is 108 cm³/mol. The van der Waals surface area contributed by atoms with Crippen molar-refractivity contribution in [2.75, 3.05) is 6.54 Å². The van der Waals surface area contributed by atoms with Gasteiger partial charge in [-0.3, -0.25) is 0 Å². The fourth-order valence-corrected chi connectivity index (χ4v) is 7.33. The summed E-state index contributed by atoms with van der Waals surface area (Å²) in [5, 5.41) is 0. The molecule has 3 rings (SSSR count). The summed E-state index contributed by atoms with van der Waals surface area (Å²) in [5.74, 6) is 0.00481. The van der Waals surface area contributed by atoms with Crippen LogP contribution < -0.4 is 0 Å². The van der Waals surface area contributed by atoms with Gasteiger partial charge in [-0.05, 0) is 40.5 Å². The average Bonchev–Trinajstić information content (AvgIpc) is 2.67. The minimum Gasteiger partial charge on any atom is -0.208 e. The molecule has 0 bridgehead atoms. The first-order valence-electron chi connectivity index (χ1n) is 8.50. The number of hydrogen-bond donors (Lipinski definition) is 0. The summed E-state index contributed by atoms with van der Waals surface area (Å²) in [6.07, 6.45) is 0. The van der Waals surface area contributed by atoms with E-state index in [1.54, 1.807) is 3.71 Å². The smallest absolute Gasteiger partial charge is 0.208 e. The lowest BCUT2D eigenvalue weighted by Gasteiger charge is -2.20. The van der Waals surface area contributed by atoms with Gasteiger partial charge in [0.25, 0.3) is 10.0 Å². The molecule has 3 aromatic carbocycles. The number of sulfonamides is 1. The van der Waals surface area contributed by atoms with Crippen LogP contribution in [0.4, 0.5) is 0 Å². The Morgan fingerprint density at radius 3 is 1.58 bits per heavy atom. The van der Waals surface area contributed by atoms with Gasteiger partial charge in [-0.2, -0.15) is 0 Å². The van der Waals surface area contributed by atoms with Gasteiger partial charge in [0.1, 0.15) is 0 Å². The molecule has 0 aliphatic rings. The van der Waals surface area contributed by atoms with Crippen molar-refractivity contribution in [3.63, 3.8) is 0 Å². The van der Waals surface area contributed by atoms with Crippen molar-refractivity contribution in [3.05, 3.63) is 96.6 Å². The van der Waals surface area contributed by atoms with Crippen molar-refractivity contribution in [3.8, 4) is 0 Å². The molecule has 5 heteroatoms. The molecule has 0 aliphatic heterocycles. The maximum atomic E-state index is 13.3. The third-order valence-electron chi connectivity index (χ3n) is 3.90. The van der Waals surface area contributed by atoms with Gasteiger partial charge in [0.05, 0.1) is 12.3 Å².